The van der Waals surface area contributed by atoms with E-state index in [2.05, 4.69) is 12.2 Å². The molecule has 2 N–H and O–H groups in total. The summed E-state index contributed by atoms with van der Waals surface area (Å²) in [6.45, 7) is 9.07. The number of amides is 2. The van der Waals surface area contributed by atoms with Gasteiger partial charge in [0.1, 0.15) is 0 Å². The highest BCUT2D eigenvalue weighted by Gasteiger charge is 2.24. The number of rotatable bonds is 6. The molecule has 1 aliphatic heterocycles. The zero-order valence-corrected chi connectivity index (χ0v) is 15.1. The first-order valence-corrected chi connectivity index (χ1v) is 9.08. The number of nitrogens with one attached hydrogen (secondary N) is 2. The number of carbonyl (C=O) groups is 2. The molecule has 2 rings (SSSR count). The summed E-state index contributed by atoms with van der Waals surface area (Å²) in [6.07, 6.45) is 3.65. The highest BCUT2D eigenvalue weighted by Crippen LogP contribution is 2.13. The smallest absolute Gasteiger partial charge is 0.279 e. The zero-order valence-electron chi connectivity index (χ0n) is 15.1. The van der Waals surface area contributed by atoms with Crippen molar-refractivity contribution >= 4 is 17.5 Å². The van der Waals surface area contributed by atoms with Gasteiger partial charge in [0.2, 0.25) is 0 Å². The maximum absolute atomic E-state index is 12.4. The molecule has 5 heteroatoms. The topological polar surface area (TPSA) is 53.9 Å². The third kappa shape index (κ3) is 4.81. The van der Waals surface area contributed by atoms with E-state index in [1.54, 1.807) is 17.0 Å². The fourth-order valence-corrected chi connectivity index (χ4v) is 3.35. The molecular formula is C19H30N3O2+. The van der Waals surface area contributed by atoms with Crippen molar-refractivity contribution in [2.24, 2.45) is 0 Å². The van der Waals surface area contributed by atoms with Crippen LogP contribution in [0.3, 0.4) is 0 Å². The van der Waals surface area contributed by atoms with Gasteiger partial charge in [-0.25, -0.2) is 0 Å². The van der Waals surface area contributed by atoms with Crippen molar-refractivity contribution in [1.82, 2.24) is 4.90 Å². The lowest BCUT2D eigenvalue weighted by Crippen LogP contribution is -3.17. The standard InChI is InChI=1S/C19H29N3O2/c1-4-21(5-2)19(24)16-10-8-11-17(13-16)20-18(23)14-22-12-7-6-9-15(22)3/h8,10-11,13,15H,4-7,9,12,14H2,1-3H3,(H,20,23)/p+1/t15-/m1/s1. The van der Waals surface area contributed by atoms with Crippen molar-refractivity contribution in [3.63, 3.8) is 0 Å². The van der Waals surface area contributed by atoms with Crippen LogP contribution < -0.4 is 10.2 Å². The zero-order chi connectivity index (χ0) is 17.5. The summed E-state index contributed by atoms with van der Waals surface area (Å²) in [5.74, 6) is 0.0255. The molecule has 1 unspecified atom stereocenters. The van der Waals surface area contributed by atoms with Crippen LogP contribution in [0.1, 0.15) is 50.4 Å². The summed E-state index contributed by atoms with van der Waals surface area (Å²) in [5, 5.41) is 2.95. The molecule has 1 saturated heterocycles. The maximum Gasteiger partial charge on any atom is 0.279 e. The van der Waals surface area contributed by atoms with Crippen LogP contribution in [0.2, 0.25) is 0 Å². The van der Waals surface area contributed by atoms with Crippen molar-refractivity contribution in [2.45, 2.75) is 46.1 Å². The van der Waals surface area contributed by atoms with Crippen molar-refractivity contribution in [2.75, 3.05) is 31.5 Å². The summed E-state index contributed by atoms with van der Waals surface area (Å²) >= 11 is 0. The molecule has 0 spiro atoms. The van der Waals surface area contributed by atoms with E-state index in [1.807, 2.05) is 26.0 Å². The Balaban J connectivity index is 1.98. The minimum Gasteiger partial charge on any atom is -0.339 e. The number of hydrogen-bond donors (Lipinski definition) is 2. The molecule has 2 atom stereocenters. The van der Waals surface area contributed by atoms with E-state index in [4.69, 9.17) is 0 Å². The van der Waals surface area contributed by atoms with Crippen LogP contribution in [0, 0.1) is 0 Å². The highest BCUT2D eigenvalue weighted by molar-refractivity contribution is 5.97. The molecule has 1 aliphatic rings. The van der Waals surface area contributed by atoms with E-state index in [9.17, 15) is 9.59 Å². The Kier molecular flexibility index (Phi) is 6.79. The first-order chi connectivity index (χ1) is 11.5. The Labute approximate surface area is 145 Å². The third-order valence-electron chi connectivity index (χ3n) is 4.91. The monoisotopic (exact) mass is 332 g/mol. The Bertz CT molecular complexity index is 569. The van der Waals surface area contributed by atoms with Gasteiger partial charge in [-0.15, -0.1) is 0 Å². The SMILES string of the molecule is CCN(CC)C(=O)c1cccc(NC(=O)C[NH+]2CCCC[C@H]2C)c1. The molecular weight excluding hydrogens is 302 g/mol. The summed E-state index contributed by atoms with van der Waals surface area (Å²) in [7, 11) is 0. The molecule has 132 valence electrons. The largest absolute Gasteiger partial charge is 0.339 e. The van der Waals surface area contributed by atoms with Crippen molar-refractivity contribution in [1.29, 1.82) is 0 Å². The number of nitrogens with zero attached hydrogens (tertiary/aromatic N) is 1. The molecule has 24 heavy (non-hydrogen) atoms. The van der Waals surface area contributed by atoms with Gasteiger partial charge in [0, 0.05) is 24.3 Å². The van der Waals surface area contributed by atoms with Crippen molar-refractivity contribution < 1.29 is 14.5 Å². The maximum atomic E-state index is 12.4. The van der Waals surface area contributed by atoms with E-state index in [0.29, 0.717) is 36.9 Å². The van der Waals surface area contributed by atoms with Gasteiger partial charge in [0.05, 0.1) is 12.6 Å². The number of hydrogen-bond acceptors (Lipinski definition) is 2. The Morgan fingerprint density at radius 1 is 1.25 bits per heavy atom. The summed E-state index contributed by atoms with van der Waals surface area (Å²) in [6, 6.07) is 7.77. The molecule has 5 nitrogen and oxygen atoms in total. The van der Waals surface area contributed by atoms with Crippen LogP contribution in [0.5, 0.6) is 0 Å². The first kappa shape index (κ1) is 18.5. The lowest BCUT2D eigenvalue weighted by Gasteiger charge is -2.29. The van der Waals surface area contributed by atoms with Crippen LogP contribution in [0.4, 0.5) is 5.69 Å². The Hall–Kier alpha value is -1.88. The second-order valence-electron chi connectivity index (χ2n) is 6.59. The molecule has 0 radical (unpaired) electrons. The van der Waals surface area contributed by atoms with Crippen LogP contribution in [0.25, 0.3) is 0 Å². The minimum absolute atomic E-state index is 0.00590. The number of quaternary nitrogens is 1. The Morgan fingerprint density at radius 2 is 2.00 bits per heavy atom. The fraction of sp³-hybridized carbons (Fsp3) is 0.579. The van der Waals surface area contributed by atoms with Gasteiger partial charge in [-0.05, 0) is 58.2 Å². The predicted octanol–water partition coefficient (Wildman–Crippen LogP) is 1.56. The molecule has 2 amide bonds. The second-order valence-corrected chi connectivity index (χ2v) is 6.59. The summed E-state index contributed by atoms with van der Waals surface area (Å²) in [4.78, 5) is 27.9. The van der Waals surface area contributed by atoms with Gasteiger partial charge >= 0.3 is 0 Å². The van der Waals surface area contributed by atoms with E-state index < -0.39 is 0 Å². The number of piperidine rings is 1. The lowest BCUT2D eigenvalue weighted by molar-refractivity contribution is -0.920. The van der Waals surface area contributed by atoms with E-state index in [0.717, 1.165) is 6.54 Å². The molecule has 0 bridgehead atoms. The highest BCUT2D eigenvalue weighted by atomic mass is 16.2. The van der Waals surface area contributed by atoms with Gasteiger partial charge in [0.15, 0.2) is 6.54 Å². The van der Waals surface area contributed by atoms with Crippen molar-refractivity contribution in [3.8, 4) is 0 Å². The summed E-state index contributed by atoms with van der Waals surface area (Å²) in [5.41, 5.74) is 1.32. The van der Waals surface area contributed by atoms with E-state index in [1.165, 1.54) is 24.2 Å². The Morgan fingerprint density at radius 3 is 2.67 bits per heavy atom. The van der Waals surface area contributed by atoms with Gasteiger partial charge in [-0.3, -0.25) is 9.59 Å². The average molecular weight is 332 g/mol. The fourth-order valence-electron chi connectivity index (χ4n) is 3.35. The molecule has 0 saturated carbocycles. The van der Waals surface area contributed by atoms with Crippen LogP contribution >= 0.6 is 0 Å². The van der Waals surface area contributed by atoms with Crippen LogP contribution in [0.15, 0.2) is 24.3 Å². The predicted molar refractivity (Wildman–Crippen MR) is 96.3 cm³/mol. The van der Waals surface area contributed by atoms with Crippen molar-refractivity contribution in [3.05, 3.63) is 29.8 Å². The second kappa shape index (κ2) is 8.83. The van der Waals surface area contributed by atoms with Crippen LogP contribution in [-0.2, 0) is 4.79 Å². The molecule has 1 fully saturated rings. The van der Waals surface area contributed by atoms with Crippen LogP contribution in [-0.4, -0.2) is 48.9 Å². The number of benzene rings is 1. The minimum atomic E-state index is 0.00590. The van der Waals surface area contributed by atoms with E-state index >= 15 is 0 Å². The summed E-state index contributed by atoms with van der Waals surface area (Å²) < 4.78 is 0. The quantitative estimate of drug-likeness (QED) is 0.831. The number of carbonyl (C=O) groups excluding carboxylic acids is 2. The van der Waals surface area contributed by atoms with Gasteiger partial charge in [-0.1, -0.05) is 6.07 Å². The van der Waals surface area contributed by atoms with E-state index in [-0.39, 0.29) is 11.8 Å². The van der Waals surface area contributed by atoms with Gasteiger partial charge in [-0.2, -0.15) is 0 Å². The third-order valence-corrected chi connectivity index (χ3v) is 4.91. The van der Waals surface area contributed by atoms with Gasteiger partial charge in [0.25, 0.3) is 11.8 Å². The first-order valence-electron chi connectivity index (χ1n) is 9.08. The molecule has 1 aromatic rings. The number of likely N-dealkylation sites (tertiary alicyclic amines) is 1. The molecule has 0 aliphatic carbocycles. The van der Waals surface area contributed by atoms with Gasteiger partial charge < -0.3 is 15.1 Å². The molecule has 1 aromatic carbocycles. The molecule has 1 heterocycles. The molecule has 0 aromatic heterocycles. The lowest BCUT2D eigenvalue weighted by atomic mass is 10.0. The average Bonchev–Trinajstić information content (AvgIpc) is 2.58. The number of anilines is 1. The normalized spacial score (nSPS) is 20.5.